The highest BCUT2D eigenvalue weighted by molar-refractivity contribution is 6.23. The Labute approximate surface area is 245 Å². The first-order valence-corrected chi connectivity index (χ1v) is 14.8. The van der Waals surface area contributed by atoms with Gasteiger partial charge in [0.25, 0.3) is 11.8 Å². The van der Waals surface area contributed by atoms with Crippen LogP contribution in [-0.2, 0) is 19.1 Å². The highest BCUT2D eigenvalue weighted by Crippen LogP contribution is 2.29. The van der Waals surface area contributed by atoms with Crippen LogP contribution in [0.4, 0.5) is 10.5 Å². The number of nitrogens with one attached hydrogen (secondary N) is 3. The zero-order valence-corrected chi connectivity index (χ0v) is 24.6. The second-order valence-corrected chi connectivity index (χ2v) is 12.2. The lowest BCUT2D eigenvalue weighted by atomic mass is 10.0. The van der Waals surface area contributed by atoms with E-state index >= 15 is 0 Å². The van der Waals surface area contributed by atoms with Crippen LogP contribution in [0.5, 0.6) is 0 Å². The summed E-state index contributed by atoms with van der Waals surface area (Å²) in [6.45, 7) is 7.96. The second-order valence-electron chi connectivity index (χ2n) is 12.2. The van der Waals surface area contributed by atoms with Crippen LogP contribution in [-0.4, -0.2) is 83.3 Å². The maximum atomic E-state index is 13.0. The van der Waals surface area contributed by atoms with Crippen LogP contribution in [0.3, 0.4) is 0 Å². The molecule has 3 aliphatic heterocycles. The van der Waals surface area contributed by atoms with Gasteiger partial charge in [0.1, 0.15) is 11.6 Å². The van der Waals surface area contributed by atoms with Crippen molar-refractivity contribution < 1.29 is 33.5 Å². The SMILES string of the molecule is CC(C)(C)OC(=O)N1CC[C@@H](CC(=O)NCCCCCCNc2ccc3c(c2)C(=O)N(C2CCC(=O)NC2=O)C3=O)C1. The van der Waals surface area contributed by atoms with Gasteiger partial charge in [-0.2, -0.15) is 0 Å². The fourth-order valence-electron chi connectivity index (χ4n) is 5.47. The number of carbonyl (C=O) groups is 6. The Kier molecular flexibility index (Phi) is 9.85. The molecule has 42 heavy (non-hydrogen) atoms. The van der Waals surface area contributed by atoms with Gasteiger partial charge in [-0.15, -0.1) is 0 Å². The van der Waals surface area contributed by atoms with Crippen LogP contribution in [0.2, 0.25) is 0 Å². The highest BCUT2D eigenvalue weighted by atomic mass is 16.6. The lowest BCUT2D eigenvalue weighted by Crippen LogP contribution is -2.54. The first-order valence-electron chi connectivity index (χ1n) is 14.8. The second kappa shape index (κ2) is 13.3. The lowest BCUT2D eigenvalue weighted by Gasteiger charge is -2.27. The van der Waals surface area contributed by atoms with Gasteiger partial charge in [0, 0.05) is 44.7 Å². The minimum absolute atomic E-state index is 0.00788. The van der Waals surface area contributed by atoms with Crippen LogP contribution in [0.15, 0.2) is 18.2 Å². The molecule has 3 aliphatic rings. The van der Waals surface area contributed by atoms with E-state index in [0.29, 0.717) is 38.3 Å². The molecule has 2 saturated heterocycles. The summed E-state index contributed by atoms with van der Waals surface area (Å²) in [5.41, 5.74) is 0.686. The summed E-state index contributed by atoms with van der Waals surface area (Å²) in [6.07, 6.45) is 4.76. The third kappa shape index (κ3) is 7.86. The number of piperidine rings is 1. The summed E-state index contributed by atoms with van der Waals surface area (Å²) < 4.78 is 5.41. The molecule has 1 unspecified atom stereocenters. The van der Waals surface area contributed by atoms with Crippen molar-refractivity contribution in [3.8, 4) is 0 Å². The van der Waals surface area contributed by atoms with Gasteiger partial charge in [0.05, 0.1) is 11.1 Å². The molecule has 228 valence electrons. The molecule has 12 heteroatoms. The Hall–Kier alpha value is -3.96. The Morgan fingerprint density at radius 3 is 2.40 bits per heavy atom. The van der Waals surface area contributed by atoms with Crippen LogP contribution in [0.25, 0.3) is 0 Å². The summed E-state index contributed by atoms with van der Waals surface area (Å²) in [4.78, 5) is 76.6. The molecule has 2 atom stereocenters. The molecule has 1 aromatic carbocycles. The Morgan fingerprint density at radius 2 is 1.69 bits per heavy atom. The van der Waals surface area contributed by atoms with Crippen molar-refractivity contribution in [3.63, 3.8) is 0 Å². The van der Waals surface area contributed by atoms with E-state index in [0.717, 1.165) is 37.0 Å². The number of carbonyl (C=O) groups excluding carboxylic acids is 6. The maximum Gasteiger partial charge on any atom is 0.410 e. The number of hydrogen-bond acceptors (Lipinski definition) is 8. The van der Waals surface area contributed by atoms with Gasteiger partial charge in [0.15, 0.2) is 0 Å². The lowest BCUT2D eigenvalue weighted by molar-refractivity contribution is -0.136. The molecular weight excluding hydrogens is 542 g/mol. The number of imide groups is 2. The molecule has 4 rings (SSSR count). The molecule has 0 radical (unpaired) electrons. The van der Waals surface area contributed by atoms with E-state index in [1.165, 1.54) is 0 Å². The summed E-state index contributed by atoms with van der Waals surface area (Å²) in [5.74, 6) is -1.92. The van der Waals surface area contributed by atoms with E-state index in [2.05, 4.69) is 16.0 Å². The molecule has 12 nitrogen and oxygen atoms in total. The third-order valence-corrected chi connectivity index (χ3v) is 7.61. The first-order chi connectivity index (χ1) is 19.9. The summed E-state index contributed by atoms with van der Waals surface area (Å²) in [5, 5.41) is 8.45. The fraction of sp³-hybridized carbons (Fsp3) is 0.600. The third-order valence-electron chi connectivity index (χ3n) is 7.61. The Morgan fingerprint density at radius 1 is 0.976 bits per heavy atom. The highest BCUT2D eigenvalue weighted by Gasteiger charge is 2.44. The Bertz CT molecular complexity index is 1240. The molecule has 0 aromatic heterocycles. The first kappa shape index (κ1) is 31.0. The van der Waals surface area contributed by atoms with Crippen LogP contribution in [0.1, 0.15) is 92.9 Å². The monoisotopic (exact) mass is 583 g/mol. The number of rotatable bonds is 11. The largest absolute Gasteiger partial charge is 0.444 e. The number of ether oxygens (including phenoxy) is 1. The number of unbranched alkanes of at least 4 members (excludes halogenated alkanes) is 3. The minimum atomic E-state index is -0.978. The standard InChI is InChI=1S/C30H41N5O7/c1-30(2,3)42-29(41)34-15-12-19(18-34)16-25(37)32-14-7-5-4-6-13-31-20-8-9-21-22(17-20)28(40)35(27(21)39)23-10-11-24(36)33-26(23)38/h8-9,17,19,23,31H,4-7,10-16,18H2,1-3H3,(H,32,37)(H,33,36,38)/t19-,23?/m0/s1. The number of likely N-dealkylation sites (tertiary alicyclic amines) is 1. The van der Waals surface area contributed by atoms with Crippen LogP contribution in [0, 0.1) is 5.92 Å². The summed E-state index contributed by atoms with van der Waals surface area (Å²) in [6, 6.07) is 3.99. The van der Waals surface area contributed by atoms with Crippen LogP contribution >= 0.6 is 0 Å². The van der Waals surface area contributed by atoms with Crippen LogP contribution < -0.4 is 16.0 Å². The van der Waals surface area contributed by atoms with Crippen molar-refractivity contribution in [2.75, 3.05) is 31.5 Å². The number of anilines is 1. The van der Waals surface area contributed by atoms with E-state index in [1.807, 2.05) is 20.8 Å². The van der Waals surface area contributed by atoms with E-state index in [4.69, 9.17) is 4.74 Å². The van der Waals surface area contributed by atoms with E-state index in [-0.39, 0.29) is 41.9 Å². The van der Waals surface area contributed by atoms with E-state index in [9.17, 15) is 28.8 Å². The quantitative estimate of drug-likeness (QED) is 0.265. The summed E-state index contributed by atoms with van der Waals surface area (Å²) in [7, 11) is 0. The molecule has 3 heterocycles. The number of benzene rings is 1. The number of amides is 6. The summed E-state index contributed by atoms with van der Waals surface area (Å²) >= 11 is 0. The van der Waals surface area contributed by atoms with Crippen molar-refractivity contribution in [2.24, 2.45) is 5.92 Å². The van der Waals surface area contributed by atoms with E-state index < -0.39 is 35.3 Å². The molecule has 6 amide bonds. The zero-order chi connectivity index (χ0) is 30.4. The predicted molar refractivity (Wildman–Crippen MR) is 154 cm³/mol. The van der Waals surface area contributed by atoms with Crippen molar-refractivity contribution in [1.29, 1.82) is 0 Å². The molecule has 0 saturated carbocycles. The van der Waals surface area contributed by atoms with Gasteiger partial charge in [-0.05, 0) is 70.6 Å². The van der Waals surface area contributed by atoms with Crippen molar-refractivity contribution in [3.05, 3.63) is 29.3 Å². The van der Waals surface area contributed by atoms with Crippen molar-refractivity contribution >= 4 is 41.3 Å². The van der Waals surface area contributed by atoms with Gasteiger partial charge in [-0.1, -0.05) is 12.8 Å². The molecule has 0 bridgehead atoms. The topological polar surface area (TPSA) is 154 Å². The van der Waals surface area contributed by atoms with Crippen molar-refractivity contribution in [2.45, 2.75) is 83.8 Å². The van der Waals surface area contributed by atoms with Gasteiger partial charge in [0.2, 0.25) is 17.7 Å². The van der Waals surface area contributed by atoms with Gasteiger partial charge in [-0.3, -0.25) is 34.2 Å². The predicted octanol–water partition coefficient (Wildman–Crippen LogP) is 2.82. The molecule has 0 aliphatic carbocycles. The average Bonchev–Trinajstić information content (AvgIpc) is 3.47. The molecule has 2 fully saturated rings. The van der Waals surface area contributed by atoms with Gasteiger partial charge in [-0.25, -0.2) is 4.79 Å². The number of nitrogens with zero attached hydrogens (tertiary/aromatic N) is 2. The number of hydrogen-bond donors (Lipinski definition) is 3. The maximum absolute atomic E-state index is 13.0. The smallest absolute Gasteiger partial charge is 0.410 e. The Balaban J connectivity index is 1.09. The molecule has 3 N–H and O–H groups in total. The molecule has 0 spiro atoms. The minimum Gasteiger partial charge on any atom is -0.444 e. The van der Waals surface area contributed by atoms with E-state index in [1.54, 1.807) is 23.1 Å². The van der Waals surface area contributed by atoms with Crippen molar-refractivity contribution in [1.82, 2.24) is 20.4 Å². The molecular formula is C30H41N5O7. The zero-order valence-electron chi connectivity index (χ0n) is 24.6. The normalized spacial score (nSPS) is 20.5. The number of fused-ring (bicyclic) bond motifs is 1. The van der Waals surface area contributed by atoms with Gasteiger partial charge < -0.3 is 20.3 Å². The average molecular weight is 584 g/mol. The molecule has 1 aromatic rings. The fourth-order valence-corrected chi connectivity index (χ4v) is 5.47. The van der Waals surface area contributed by atoms with Gasteiger partial charge >= 0.3 is 6.09 Å².